The topological polar surface area (TPSA) is 55.0 Å². The zero-order valence-electron chi connectivity index (χ0n) is 13.6. The SMILES string of the molecule is CC(C)(C)c1ncc(N2CCC(N)CC2)c(C2CCC2)n1. The van der Waals surface area contributed by atoms with Crippen LogP contribution in [0, 0.1) is 0 Å². The number of rotatable bonds is 2. The van der Waals surface area contributed by atoms with Crippen molar-refractivity contribution in [2.24, 2.45) is 5.73 Å². The quantitative estimate of drug-likeness (QED) is 0.909. The van der Waals surface area contributed by atoms with Crippen LogP contribution in [0.25, 0.3) is 0 Å². The average molecular weight is 288 g/mol. The lowest BCUT2D eigenvalue weighted by molar-refractivity contribution is 0.403. The first-order valence-electron chi connectivity index (χ1n) is 8.33. The first-order chi connectivity index (χ1) is 9.95. The van der Waals surface area contributed by atoms with Crippen LogP contribution in [0.5, 0.6) is 0 Å². The zero-order valence-corrected chi connectivity index (χ0v) is 13.6. The predicted octanol–water partition coefficient (Wildman–Crippen LogP) is 2.97. The lowest BCUT2D eigenvalue weighted by Gasteiger charge is -2.36. The monoisotopic (exact) mass is 288 g/mol. The molecule has 0 atom stereocenters. The van der Waals surface area contributed by atoms with Gasteiger partial charge in [-0.05, 0) is 25.7 Å². The van der Waals surface area contributed by atoms with Crippen LogP contribution in [0.15, 0.2) is 6.20 Å². The number of aromatic nitrogens is 2. The summed E-state index contributed by atoms with van der Waals surface area (Å²) in [6, 6.07) is 0.364. The minimum atomic E-state index is 0.0152. The van der Waals surface area contributed by atoms with Crippen molar-refractivity contribution >= 4 is 5.69 Å². The van der Waals surface area contributed by atoms with Crippen molar-refractivity contribution < 1.29 is 0 Å². The summed E-state index contributed by atoms with van der Waals surface area (Å²) in [4.78, 5) is 12.1. The van der Waals surface area contributed by atoms with Crippen molar-refractivity contribution in [3.8, 4) is 0 Å². The van der Waals surface area contributed by atoms with Gasteiger partial charge in [0.25, 0.3) is 0 Å². The Kier molecular flexibility index (Phi) is 3.91. The van der Waals surface area contributed by atoms with Crippen LogP contribution in [0.3, 0.4) is 0 Å². The number of nitrogens with two attached hydrogens (primary N) is 1. The second-order valence-electron chi connectivity index (χ2n) is 7.67. The van der Waals surface area contributed by atoms with Crippen molar-refractivity contribution in [1.82, 2.24) is 9.97 Å². The normalized spacial score (nSPS) is 21.4. The fraction of sp³-hybridized carbons (Fsp3) is 0.765. The van der Waals surface area contributed by atoms with Gasteiger partial charge in [-0.2, -0.15) is 0 Å². The van der Waals surface area contributed by atoms with Crippen LogP contribution in [0.1, 0.15) is 70.3 Å². The van der Waals surface area contributed by atoms with E-state index in [0.29, 0.717) is 12.0 Å². The van der Waals surface area contributed by atoms with E-state index < -0.39 is 0 Å². The zero-order chi connectivity index (χ0) is 15.0. The van der Waals surface area contributed by atoms with Gasteiger partial charge in [-0.25, -0.2) is 9.97 Å². The molecule has 3 rings (SSSR count). The standard InChI is InChI=1S/C17H28N4/c1-17(2,3)16-19-11-14(15(20-16)12-5-4-6-12)21-9-7-13(18)8-10-21/h11-13H,4-10,18H2,1-3H3. The van der Waals surface area contributed by atoms with Gasteiger partial charge in [-0.15, -0.1) is 0 Å². The fourth-order valence-electron chi connectivity index (χ4n) is 3.12. The van der Waals surface area contributed by atoms with Crippen molar-refractivity contribution in [3.05, 3.63) is 17.7 Å². The molecule has 0 unspecified atom stereocenters. The third-order valence-electron chi connectivity index (χ3n) is 4.84. The van der Waals surface area contributed by atoms with Crippen molar-refractivity contribution in [1.29, 1.82) is 0 Å². The summed E-state index contributed by atoms with van der Waals surface area (Å²) in [5.41, 5.74) is 8.60. The van der Waals surface area contributed by atoms with Gasteiger partial charge < -0.3 is 10.6 Å². The van der Waals surface area contributed by atoms with E-state index >= 15 is 0 Å². The molecule has 0 aromatic carbocycles. The minimum absolute atomic E-state index is 0.0152. The maximum atomic E-state index is 6.03. The molecule has 1 saturated heterocycles. The van der Waals surface area contributed by atoms with Crippen LogP contribution in [0.4, 0.5) is 5.69 Å². The third-order valence-corrected chi connectivity index (χ3v) is 4.84. The Morgan fingerprint density at radius 2 is 1.81 bits per heavy atom. The number of hydrogen-bond acceptors (Lipinski definition) is 4. The van der Waals surface area contributed by atoms with Crippen LogP contribution < -0.4 is 10.6 Å². The molecule has 0 spiro atoms. The molecule has 2 aliphatic rings. The van der Waals surface area contributed by atoms with Crippen molar-refractivity contribution in [3.63, 3.8) is 0 Å². The molecule has 0 bridgehead atoms. The van der Waals surface area contributed by atoms with Gasteiger partial charge in [-0.3, -0.25) is 0 Å². The molecule has 4 heteroatoms. The Balaban J connectivity index is 1.91. The predicted molar refractivity (Wildman–Crippen MR) is 86.7 cm³/mol. The summed E-state index contributed by atoms with van der Waals surface area (Å²) in [7, 11) is 0. The summed E-state index contributed by atoms with van der Waals surface area (Å²) >= 11 is 0. The van der Waals surface area contributed by atoms with E-state index in [2.05, 4.69) is 36.9 Å². The molecule has 1 aromatic rings. The lowest BCUT2D eigenvalue weighted by Crippen LogP contribution is -2.40. The first kappa shape index (κ1) is 14.8. The van der Waals surface area contributed by atoms with E-state index in [9.17, 15) is 0 Å². The van der Waals surface area contributed by atoms with Crippen LogP contribution in [0.2, 0.25) is 0 Å². The Labute approximate surface area is 128 Å². The van der Waals surface area contributed by atoms with E-state index in [0.717, 1.165) is 31.8 Å². The molecule has 1 saturated carbocycles. The molecule has 1 aliphatic carbocycles. The maximum absolute atomic E-state index is 6.03. The number of nitrogens with zero attached hydrogens (tertiary/aromatic N) is 3. The smallest absolute Gasteiger partial charge is 0.134 e. The Morgan fingerprint density at radius 3 is 2.33 bits per heavy atom. The fourth-order valence-corrected chi connectivity index (χ4v) is 3.12. The van der Waals surface area contributed by atoms with E-state index in [4.69, 9.17) is 10.7 Å². The highest BCUT2D eigenvalue weighted by atomic mass is 15.2. The van der Waals surface area contributed by atoms with Crippen LogP contribution in [-0.2, 0) is 5.41 Å². The molecule has 4 nitrogen and oxygen atoms in total. The van der Waals surface area contributed by atoms with Gasteiger partial charge >= 0.3 is 0 Å². The first-order valence-corrected chi connectivity index (χ1v) is 8.33. The molecule has 116 valence electrons. The van der Waals surface area contributed by atoms with E-state index in [1.165, 1.54) is 30.6 Å². The number of hydrogen-bond donors (Lipinski definition) is 1. The third kappa shape index (κ3) is 3.05. The highest BCUT2D eigenvalue weighted by molar-refractivity contribution is 5.51. The summed E-state index contributed by atoms with van der Waals surface area (Å²) in [5, 5.41) is 0. The number of piperidine rings is 1. The largest absolute Gasteiger partial charge is 0.369 e. The second-order valence-corrected chi connectivity index (χ2v) is 7.67. The van der Waals surface area contributed by atoms with Crippen LogP contribution >= 0.6 is 0 Å². The lowest BCUT2D eigenvalue weighted by atomic mass is 9.81. The molecule has 2 N–H and O–H groups in total. The van der Waals surface area contributed by atoms with Gasteiger partial charge in [0, 0.05) is 30.5 Å². The van der Waals surface area contributed by atoms with Gasteiger partial charge in [0.15, 0.2) is 0 Å². The molecule has 1 aromatic heterocycles. The van der Waals surface area contributed by atoms with Crippen LogP contribution in [-0.4, -0.2) is 29.1 Å². The summed E-state index contributed by atoms with van der Waals surface area (Å²) in [6.45, 7) is 8.64. The Hall–Kier alpha value is -1.16. The molecule has 1 aliphatic heterocycles. The molecule has 0 radical (unpaired) electrons. The molecule has 2 fully saturated rings. The van der Waals surface area contributed by atoms with Crippen molar-refractivity contribution in [2.75, 3.05) is 18.0 Å². The van der Waals surface area contributed by atoms with E-state index in [-0.39, 0.29) is 5.41 Å². The van der Waals surface area contributed by atoms with Gasteiger partial charge in [-0.1, -0.05) is 27.2 Å². The Bertz CT molecular complexity index is 494. The molecule has 0 amide bonds. The molecule has 21 heavy (non-hydrogen) atoms. The van der Waals surface area contributed by atoms with Crippen molar-refractivity contribution in [2.45, 2.75) is 70.3 Å². The number of anilines is 1. The summed E-state index contributed by atoms with van der Waals surface area (Å²) in [5.74, 6) is 1.61. The molecular formula is C17H28N4. The highest BCUT2D eigenvalue weighted by Crippen LogP contribution is 2.40. The van der Waals surface area contributed by atoms with E-state index in [1.807, 2.05) is 0 Å². The summed E-state index contributed by atoms with van der Waals surface area (Å²) < 4.78 is 0. The van der Waals surface area contributed by atoms with Gasteiger partial charge in [0.05, 0.1) is 17.6 Å². The average Bonchev–Trinajstić information content (AvgIpc) is 2.37. The summed E-state index contributed by atoms with van der Waals surface area (Å²) in [6.07, 6.45) is 8.11. The van der Waals surface area contributed by atoms with Gasteiger partial charge in [0.2, 0.25) is 0 Å². The molecule has 2 heterocycles. The van der Waals surface area contributed by atoms with Gasteiger partial charge in [0.1, 0.15) is 5.82 Å². The molecular weight excluding hydrogens is 260 g/mol. The highest BCUT2D eigenvalue weighted by Gasteiger charge is 2.29. The maximum Gasteiger partial charge on any atom is 0.134 e. The Morgan fingerprint density at radius 1 is 1.14 bits per heavy atom. The minimum Gasteiger partial charge on any atom is -0.369 e. The van der Waals surface area contributed by atoms with E-state index in [1.54, 1.807) is 0 Å². The second kappa shape index (κ2) is 5.56.